The third-order valence-corrected chi connectivity index (χ3v) is 4.21. The zero-order valence-corrected chi connectivity index (χ0v) is 13.3. The lowest BCUT2D eigenvalue weighted by Gasteiger charge is -2.33. The van der Waals surface area contributed by atoms with Crippen molar-refractivity contribution in [3.8, 4) is 6.07 Å². The molecule has 0 N–H and O–H groups in total. The van der Waals surface area contributed by atoms with Gasteiger partial charge < -0.3 is 4.90 Å². The standard InChI is InChI=1S/C16H21BrN2/c1-12(2)11-19(15-5-3-4-6-15)16-9-14(17)8-7-13(16)10-18/h7-9,12,15H,3-6,11H2,1-2H3. The highest BCUT2D eigenvalue weighted by atomic mass is 79.9. The van der Waals surface area contributed by atoms with E-state index in [0.29, 0.717) is 12.0 Å². The molecular weight excluding hydrogens is 300 g/mol. The number of hydrogen-bond donors (Lipinski definition) is 0. The lowest BCUT2D eigenvalue weighted by Crippen LogP contribution is -2.36. The molecule has 0 aliphatic heterocycles. The van der Waals surface area contributed by atoms with Crippen molar-refractivity contribution < 1.29 is 0 Å². The van der Waals surface area contributed by atoms with Crippen molar-refractivity contribution in [1.82, 2.24) is 0 Å². The third-order valence-electron chi connectivity index (χ3n) is 3.72. The molecule has 1 aliphatic carbocycles. The summed E-state index contributed by atoms with van der Waals surface area (Å²) in [6, 6.07) is 8.90. The molecule has 1 aromatic rings. The average Bonchev–Trinajstić information content (AvgIpc) is 2.89. The molecule has 1 aromatic carbocycles. The van der Waals surface area contributed by atoms with Crippen LogP contribution in [-0.2, 0) is 0 Å². The maximum Gasteiger partial charge on any atom is 0.101 e. The second-order valence-corrected chi connectivity index (χ2v) is 6.67. The van der Waals surface area contributed by atoms with Gasteiger partial charge in [0, 0.05) is 17.1 Å². The number of nitriles is 1. The van der Waals surface area contributed by atoms with Crippen LogP contribution in [0.25, 0.3) is 0 Å². The largest absolute Gasteiger partial charge is 0.367 e. The van der Waals surface area contributed by atoms with Crippen molar-refractivity contribution in [1.29, 1.82) is 5.26 Å². The lowest BCUT2D eigenvalue weighted by molar-refractivity contribution is 0.535. The Balaban J connectivity index is 2.36. The van der Waals surface area contributed by atoms with Gasteiger partial charge in [-0.1, -0.05) is 42.6 Å². The Labute approximate surface area is 124 Å². The molecule has 2 rings (SSSR count). The molecular formula is C16H21BrN2. The quantitative estimate of drug-likeness (QED) is 0.802. The van der Waals surface area contributed by atoms with E-state index in [1.165, 1.54) is 25.7 Å². The van der Waals surface area contributed by atoms with Gasteiger partial charge in [-0.25, -0.2) is 0 Å². The van der Waals surface area contributed by atoms with E-state index in [2.05, 4.69) is 46.8 Å². The summed E-state index contributed by atoms with van der Waals surface area (Å²) in [5.41, 5.74) is 1.88. The van der Waals surface area contributed by atoms with Gasteiger partial charge in [0.1, 0.15) is 6.07 Å². The van der Waals surface area contributed by atoms with E-state index in [1.807, 2.05) is 12.1 Å². The van der Waals surface area contributed by atoms with Gasteiger partial charge in [-0.2, -0.15) is 5.26 Å². The molecule has 0 bridgehead atoms. The van der Waals surface area contributed by atoms with Crippen molar-refractivity contribution in [2.75, 3.05) is 11.4 Å². The number of halogens is 1. The van der Waals surface area contributed by atoms with Crippen LogP contribution in [0.15, 0.2) is 22.7 Å². The molecule has 0 unspecified atom stereocenters. The molecule has 0 atom stereocenters. The van der Waals surface area contributed by atoms with E-state index in [-0.39, 0.29) is 0 Å². The molecule has 0 spiro atoms. The molecule has 1 aliphatic rings. The Morgan fingerprint density at radius 1 is 1.37 bits per heavy atom. The van der Waals surface area contributed by atoms with Gasteiger partial charge in [0.15, 0.2) is 0 Å². The summed E-state index contributed by atoms with van der Waals surface area (Å²) in [5.74, 6) is 0.603. The molecule has 3 heteroatoms. The number of rotatable bonds is 4. The van der Waals surface area contributed by atoms with Crippen LogP contribution in [0.3, 0.4) is 0 Å². The topological polar surface area (TPSA) is 27.0 Å². The second kappa shape index (κ2) is 6.43. The monoisotopic (exact) mass is 320 g/mol. The Hall–Kier alpha value is -1.01. The van der Waals surface area contributed by atoms with Crippen LogP contribution in [0.2, 0.25) is 0 Å². The number of anilines is 1. The number of nitrogens with zero attached hydrogens (tertiary/aromatic N) is 2. The minimum Gasteiger partial charge on any atom is -0.367 e. The first-order valence-electron chi connectivity index (χ1n) is 7.08. The van der Waals surface area contributed by atoms with Crippen LogP contribution in [0.4, 0.5) is 5.69 Å². The molecule has 0 radical (unpaired) electrons. The molecule has 0 heterocycles. The highest BCUT2D eigenvalue weighted by Gasteiger charge is 2.25. The molecule has 19 heavy (non-hydrogen) atoms. The Kier molecular flexibility index (Phi) is 4.87. The van der Waals surface area contributed by atoms with E-state index in [9.17, 15) is 5.26 Å². The van der Waals surface area contributed by atoms with Gasteiger partial charge in [0.25, 0.3) is 0 Å². The zero-order chi connectivity index (χ0) is 13.8. The molecule has 1 saturated carbocycles. The van der Waals surface area contributed by atoms with Crippen molar-refractivity contribution in [2.24, 2.45) is 5.92 Å². The summed E-state index contributed by atoms with van der Waals surface area (Å²) in [4.78, 5) is 2.46. The highest BCUT2D eigenvalue weighted by molar-refractivity contribution is 9.10. The normalized spacial score (nSPS) is 15.7. The number of benzene rings is 1. The predicted molar refractivity (Wildman–Crippen MR) is 83.3 cm³/mol. The van der Waals surface area contributed by atoms with E-state index in [0.717, 1.165) is 22.3 Å². The zero-order valence-electron chi connectivity index (χ0n) is 11.7. The predicted octanol–water partition coefficient (Wildman–Crippen LogP) is 4.73. The van der Waals surface area contributed by atoms with Gasteiger partial charge in [-0.15, -0.1) is 0 Å². The first-order valence-corrected chi connectivity index (χ1v) is 7.87. The third kappa shape index (κ3) is 3.51. The molecule has 102 valence electrons. The maximum absolute atomic E-state index is 9.34. The summed E-state index contributed by atoms with van der Waals surface area (Å²) in [7, 11) is 0. The van der Waals surface area contributed by atoms with Gasteiger partial charge in [0.2, 0.25) is 0 Å². The van der Waals surface area contributed by atoms with Gasteiger partial charge >= 0.3 is 0 Å². The average molecular weight is 321 g/mol. The van der Waals surface area contributed by atoms with Gasteiger partial charge in [-0.05, 0) is 37.0 Å². The fourth-order valence-electron chi connectivity index (χ4n) is 2.89. The van der Waals surface area contributed by atoms with Crippen molar-refractivity contribution in [3.05, 3.63) is 28.2 Å². The van der Waals surface area contributed by atoms with E-state index >= 15 is 0 Å². The summed E-state index contributed by atoms with van der Waals surface area (Å²) >= 11 is 3.53. The van der Waals surface area contributed by atoms with Crippen LogP contribution in [-0.4, -0.2) is 12.6 Å². The highest BCUT2D eigenvalue weighted by Crippen LogP contribution is 2.32. The summed E-state index contributed by atoms with van der Waals surface area (Å²) in [6.45, 7) is 5.51. The van der Waals surface area contributed by atoms with E-state index < -0.39 is 0 Å². The SMILES string of the molecule is CC(C)CN(c1cc(Br)ccc1C#N)C1CCCC1. The van der Waals surface area contributed by atoms with E-state index in [4.69, 9.17) is 0 Å². The van der Waals surface area contributed by atoms with Crippen LogP contribution < -0.4 is 4.90 Å². The lowest BCUT2D eigenvalue weighted by atomic mass is 10.1. The van der Waals surface area contributed by atoms with Crippen LogP contribution in [0.1, 0.15) is 45.1 Å². The van der Waals surface area contributed by atoms with Crippen LogP contribution in [0, 0.1) is 17.2 Å². The molecule has 0 aromatic heterocycles. The summed E-state index contributed by atoms with van der Waals surface area (Å²) in [6.07, 6.45) is 5.14. The summed E-state index contributed by atoms with van der Waals surface area (Å²) < 4.78 is 1.05. The number of hydrogen-bond acceptors (Lipinski definition) is 2. The molecule has 0 amide bonds. The fourth-order valence-corrected chi connectivity index (χ4v) is 3.24. The Morgan fingerprint density at radius 2 is 2.05 bits per heavy atom. The van der Waals surface area contributed by atoms with Gasteiger partial charge in [0.05, 0.1) is 11.3 Å². The van der Waals surface area contributed by atoms with Crippen molar-refractivity contribution in [2.45, 2.75) is 45.6 Å². The second-order valence-electron chi connectivity index (χ2n) is 5.76. The minimum atomic E-state index is 0.601. The Bertz CT molecular complexity index is 470. The summed E-state index contributed by atoms with van der Waals surface area (Å²) in [5, 5.41) is 9.34. The van der Waals surface area contributed by atoms with Crippen LogP contribution in [0.5, 0.6) is 0 Å². The first kappa shape index (κ1) is 14.4. The molecule has 2 nitrogen and oxygen atoms in total. The van der Waals surface area contributed by atoms with Crippen LogP contribution >= 0.6 is 15.9 Å². The van der Waals surface area contributed by atoms with Gasteiger partial charge in [-0.3, -0.25) is 0 Å². The fraction of sp³-hybridized carbons (Fsp3) is 0.562. The van der Waals surface area contributed by atoms with Crippen molar-refractivity contribution >= 4 is 21.6 Å². The first-order chi connectivity index (χ1) is 9.11. The maximum atomic E-state index is 9.34. The smallest absolute Gasteiger partial charge is 0.101 e. The Morgan fingerprint density at radius 3 is 2.63 bits per heavy atom. The molecule has 1 fully saturated rings. The van der Waals surface area contributed by atoms with E-state index in [1.54, 1.807) is 0 Å². The van der Waals surface area contributed by atoms with Crippen molar-refractivity contribution in [3.63, 3.8) is 0 Å². The molecule has 0 saturated heterocycles. The minimum absolute atomic E-state index is 0.601.